The molecule has 0 aromatic carbocycles. The molecular formula is C12H16N2O2. The number of pyridine rings is 1. The maximum atomic E-state index is 10.6. The molecule has 0 saturated heterocycles. The fraction of sp³-hybridized carbons (Fsp3) is 0.333. The molecule has 0 unspecified atom stereocenters. The average molecular weight is 220 g/mol. The molecule has 0 aliphatic rings. The Labute approximate surface area is 95.0 Å². The van der Waals surface area contributed by atoms with Crippen molar-refractivity contribution < 1.29 is 9.90 Å². The van der Waals surface area contributed by atoms with E-state index >= 15 is 0 Å². The number of rotatable bonds is 5. The van der Waals surface area contributed by atoms with Crippen LogP contribution in [-0.4, -0.2) is 22.5 Å². The molecule has 16 heavy (non-hydrogen) atoms. The van der Waals surface area contributed by atoms with Crippen LogP contribution in [0.25, 0.3) is 6.08 Å². The number of nitrogens with one attached hydrogen (secondary N) is 1. The Morgan fingerprint density at radius 3 is 3.06 bits per heavy atom. The van der Waals surface area contributed by atoms with Crippen LogP contribution in [0.4, 0.5) is 0 Å². The van der Waals surface area contributed by atoms with E-state index in [0.29, 0.717) is 6.54 Å². The van der Waals surface area contributed by atoms with Crippen molar-refractivity contribution in [3.63, 3.8) is 0 Å². The lowest BCUT2D eigenvalue weighted by molar-refractivity contribution is -0.118. The van der Waals surface area contributed by atoms with Crippen LogP contribution in [0.15, 0.2) is 24.5 Å². The van der Waals surface area contributed by atoms with Gasteiger partial charge in [0.2, 0.25) is 5.91 Å². The average Bonchev–Trinajstić information content (AvgIpc) is 2.28. The number of aromatic nitrogens is 1. The second-order valence-corrected chi connectivity index (χ2v) is 3.46. The molecule has 0 fully saturated rings. The summed E-state index contributed by atoms with van der Waals surface area (Å²) in [6.07, 6.45) is 8.04. The highest BCUT2D eigenvalue weighted by atomic mass is 16.3. The Kier molecular flexibility index (Phi) is 5.22. The van der Waals surface area contributed by atoms with E-state index in [1.165, 1.54) is 6.92 Å². The Morgan fingerprint density at radius 1 is 1.56 bits per heavy atom. The van der Waals surface area contributed by atoms with Crippen LogP contribution < -0.4 is 5.32 Å². The fourth-order valence-electron chi connectivity index (χ4n) is 1.24. The Balaban J connectivity index is 2.40. The molecule has 1 aromatic rings. The van der Waals surface area contributed by atoms with E-state index in [1.54, 1.807) is 12.4 Å². The SMILES string of the molecule is CC(=O)NCCC=Cc1cncc(CO)c1. The first kappa shape index (κ1) is 12.4. The van der Waals surface area contributed by atoms with Gasteiger partial charge in [0, 0.05) is 25.9 Å². The third-order valence-corrected chi connectivity index (χ3v) is 1.99. The molecule has 0 aliphatic heterocycles. The second-order valence-electron chi connectivity index (χ2n) is 3.46. The van der Waals surface area contributed by atoms with E-state index in [-0.39, 0.29) is 12.5 Å². The van der Waals surface area contributed by atoms with Crippen molar-refractivity contribution in [2.75, 3.05) is 6.54 Å². The molecule has 86 valence electrons. The molecule has 1 heterocycles. The van der Waals surface area contributed by atoms with E-state index in [1.807, 2.05) is 18.2 Å². The third-order valence-electron chi connectivity index (χ3n) is 1.99. The van der Waals surface area contributed by atoms with Gasteiger partial charge in [0.15, 0.2) is 0 Å². The van der Waals surface area contributed by atoms with Gasteiger partial charge in [-0.05, 0) is 23.6 Å². The van der Waals surface area contributed by atoms with Crippen LogP contribution in [0.1, 0.15) is 24.5 Å². The predicted octanol–water partition coefficient (Wildman–Crippen LogP) is 1.11. The number of amides is 1. The van der Waals surface area contributed by atoms with E-state index in [2.05, 4.69) is 10.3 Å². The number of aliphatic hydroxyl groups excluding tert-OH is 1. The Hall–Kier alpha value is -1.68. The van der Waals surface area contributed by atoms with Gasteiger partial charge in [-0.2, -0.15) is 0 Å². The number of nitrogens with zero attached hydrogens (tertiary/aromatic N) is 1. The highest BCUT2D eigenvalue weighted by molar-refractivity contribution is 5.72. The first-order valence-electron chi connectivity index (χ1n) is 5.18. The van der Waals surface area contributed by atoms with Crippen LogP contribution in [0, 0.1) is 0 Å². The first-order chi connectivity index (χ1) is 7.72. The second kappa shape index (κ2) is 6.74. The molecule has 0 aliphatic carbocycles. The van der Waals surface area contributed by atoms with Crippen molar-refractivity contribution in [1.29, 1.82) is 0 Å². The van der Waals surface area contributed by atoms with Gasteiger partial charge in [0.05, 0.1) is 6.61 Å². The highest BCUT2D eigenvalue weighted by Crippen LogP contribution is 2.04. The minimum Gasteiger partial charge on any atom is -0.392 e. The highest BCUT2D eigenvalue weighted by Gasteiger charge is 1.92. The monoisotopic (exact) mass is 220 g/mol. The van der Waals surface area contributed by atoms with Gasteiger partial charge >= 0.3 is 0 Å². The maximum Gasteiger partial charge on any atom is 0.216 e. The minimum absolute atomic E-state index is 0.000568. The van der Waals surface area contributed by atoms with Crippen LogP contribution in [0.3, 0.4) is 0 Å². The summed E-state index contributed by atoms with van der Waals surface area (Å²) in [7, 11) is 0. The number of carbonyl (C=O) groups is 1. The summed E-state index contributed by atoms with van der Waals surface area (Å²) >= 11 is 0. The smallest absolute Gasteiger partial charge is 0.216 e. The zero-order valence-electron chi connectivity index (χ0n) is 9.31. The standard InChI is InChI=1S/C12H16N2O2/c1-10(16)14-5-3-2-4-11-6-12(9-15)8-13-7-11/h2,4,6-8,15H,3,5,9H2,1H3,(H,14,16). The van der Waals surface area contributed by atoms with Gasteiger partial charge in [-0.25, -0.2) is 0 Å². The largest absolute Gasteiger partial charge is 0.392 e. The van der Waals surface area contributed by atoms with E-state index < -0.39 is 0 Å². The predicted molar refractivity (Wildman–Crippen MR) is 62.5 cm³/mol. The zero-order chi connectivity index (χ0) is 11.8. The molecule has 1 amide bonds. The van der Waals surface area contributed by atoms with Gasteiger partial charge < -0.3 is 10.4 Å². The summed E-state index contributed by atoms with van der Waals surface area (Å²) in [5.74, 6) is -0.0163. The van der Waals surface area contributed by atoms with Gasteiger partial charge in [-0.15, -0.1) is 0 Å². The van der Waals surface area contributed by atoms with Crippen LogP contribution in [-0.2, 0) is 11.4 Å². The van der Waals surface area contributed by atoms with Crippen molar-refractivity contribution in [1.82, 2.24) is 10.3 Å². The molecule has 1 aromatic heterocycles. The number of hydrogen-bond donors (Lipinski definition) is 2. The summed E-state index contributed by atoms with van der Waals surface area (Å²) in [5.41, 5.74) is 1.75. The van der Waals surface area contributed by atoms with Crippen LogP contribution in [0.5, 0.6) is 0 Å². The third kappa shape index (κ3) is 4.70. The van der Waals surface area contributed by atoms with Crippen LogP contribution in [0.2, 0.25) is 0 Å². The quantitative estimate of drug-likeness (QED) is 0.731. The molecule has 0 radical (unpaired) electrons. The number of hydrogen-bond acceptors (Lipinski definition) is 3. The fourth-order valence-corrected chi connectivity index (χ4v) is 1.24. The first-order valence-corrected chi connectivity index (χ1v) is 5.18. The number of aliphatic hydroxyl groups is 1. The lowest BCUT2D eigenvalue weighted by Crippen LogP contribution is -2.20. The Bertz CT molecular complexity index is 375. The summed E-state index contributed by atoms with van der Waals surface area (Å²) in [6.45, 7) is 2.14. The maximum absolute atomic E-state index is 10.6. The van der Waals surface area contributed by atoms with Gasteiger partial charge in [0.1, 0.15) is 0 Å². The van der Waals surface area contributed by atoms with Gasteiger partial charge in [-0.3, -0.25) is 9.78 Å². The molecule has 0 spiro atoms. The molecule has 4 nitrogen and oxygen atoms in total. The van der Waals surface area contributed by atoms with Crippen molar-refractivity contribution in [2.24, 2.45) is 0 Å². The van der Waals surface area contributed by atoms with Crippen molar-refractivity contribution in [3.8, 4) is 0 Å². The number of carbonyl (C=O) groups excluding carboxylic acids is 1. The van der Waals surface area contributed by atoms with Gasteiger partial charge in [0.25, 0.3) is 0 Å². The molecule has 1 rings (SSSR count). The van der Waals surface area contributed by atoms with Crippen molar-refractivity contribution >= 4 is 12.0 Å². The summed E-state index contributed by atoms with van der Waals surface area (Å²) < 4.78 is 0. The molecular weight excluding hydrogens is 204 g/mol. The zero-order valence-corrected chi connectivity index (χ0v) is 9.31. The van der Waals surface area contributed by atoms with Crippen LogP contribution >= 0.6 is 0 Å². The topological polar surface area (TPSA) is 62.2 Å². The van der Waals surface area contributed by atoms with E-state index in [9.17, 15) is 4.79 Å². The van der Waals surface area contributed by atoms with Crippen molar-refractivity contribution in [2.45, 2.75) is 20.0 Å². The summed E-state index contributed by atoms with van der Waals surface area (Å²) in [6, 6.07) is 1.88. The molecule has 0 atom stereocenters. The molecule has 2 N–H and O–H groups in total. The molecule has 0 bridgehead atoms. The van der Waals surface area contributed by atoms with Crippen molar-refractivity contribution in [3.05, 3.63) is 35.7 Å². The Morgan fingerprint density at radius 2 is 2.38 bits per heavy atom. The normalized spacial score (nSPS) is 10.6. The molecule has 0 saturated carbocycles. The molecule has 4 heteroatoms. The van der Waals surface area contributed by atoms with E-state index in [4.69, 9.17) is 5.11 Å². The lowest BCUT2D eigenvalue weighted by Gasteiger charge is -1.98. The lowest BCUT2D eigenvalue weighted by atomic mass is 10.2. The summed E-state index contributed by atoms with van der Waals surface area (Å²) in [4.78, 5) is 14.6. The minimum atomic E-state index is -0.0163. The van der Waals surface area contributed by atoms with Gasteiger partial charge in [-0.1, -0.05) is 12.2 Å². The van der Waals surface area contributed by atoms with E-state index in [0.717, 1.165) is 17.5 Å². The summed E-state index contributed by atoms with van der Waals surface area (Å²) in [5, 5.41) is 11.6.